The number of amides is 1. The Morgan fingerprint density at radius 1 is 1.36 bits per heavy atom. The molecular weight excluding hydrogens is 372 g/mol. The Kier molecular flexibility index (Phi) is 6.76. The van der Waals surface area contributed by atoms with Crippen molar-refractivity contribution in [2.75, 3.05) is 18.5 Å². The van der Waals surface area contributed by atoms with Gasteiger partial charge in [0, 0.05) is 16.7 Å². The highest BCUT2D eigenvalue weighted by atomic mass is 32.1. The Hall–Kier alpha value is -2.73. The predicted octanol–water partition coefficient (Wildman–Crippen LogP) is 4.54. The number of hydrogen-bond acceptors (Lipinski definition) is 5. The Morgan fingerprint density at radius 3 is 2.86 bits per heavy atom. The van der Waals surface area contributed by atoms with E-state index in [9.17, 15) is 9.59 Å². The van der Waals surface area contributed by atoms with Crippen LogP contribution >= 0.6 is 11.3 Å². The molecule has 1 aromatic carbocycles. The molecule has 0 fully saturated rings. The van der Waals surface area contributed by atoms with E-state index in [0.29, 0.717) is 35.2 Å². The van der Waals surface area contributed by atoms with Crippen LogP contribution in [0.2, 0.25) is 0 Å². The molecule has 6 heteroatoms. The topological polar surface area (TPSA) is 67.8 Å². The lowest BCUT2D eigenvalue weighted by atomic mass is 9.88. The quantitative estimate of drug-likeness (QED) is 0.424. The zero-order valence-corrected chi connectivity index (χ0v) is 16.8. The van der Waals surface area contributed by atoms with E-state index in [2.05, 4.69) is 16.9 Å². The van der Waals surface area contributed by atoms with Crippen molar-refractivity contribution in [3.8, 4) is 0 Å². The smallest absolute Gasteiger partial charge is 0.341 e. The van der Waals surface area contributed by atoms with Crippen LogP contribution in [0, 0.1) is 5.92 Å². The first-order valence-electron chi connectivity index (χ1n) is 9.42. The average molecular weight is 397 g/mol. The molecule has 28 heavy (non-hydrogen) atoms. The summed E-state index contributed by atoms with van der Waals surface area (Å²) in [5.74, 6) is -0.269. The van der Waals surface area contributed by atoms with Gasteiger partial charge in [-0.25, -0.2) is 4.79 Å². The summed E-state index contributed by atoms with van der Waals surface area (Å²) in [6.45, 7) is 6.37. The SMILES string of the molecule is C=CCN=C[C@H]1CCc2c(sc(NC(=O)c3ccccc3)c2C(=O)OCC)C1. The summed E-state index contributed by atoms with van der Waals surface area (Å²) in [6, 6.07) is 8.98. The van der Waals surface area contributed by atoms with Gasteiger partial charge in [-0.15, -0.1) is 17.9 Å². The largest absolute Gasteiger partial charge is 0.462 e. The molecule has 146 valence electrons. The summed E-state index contributed by atoms with van der Waals surface area (Å²) in [6.07, 6.45) is 6.26. The van der Waals surface area contributed by atoms with E-state index in [4.69, 9.17) is 4.74 Å². The number of esters is 1. The monoisotopic (exact) mass is 396 g/mol. The third-order valence-electron chi connectivity index (χ3n) is 4.60. The summed E-state index contributed by atoms with van der Waals surface area (Å²) >= 11 is 1.47. The summed E-state index contributed by atoms with van der Waals surface area (Å²) in [5, 5.41) is 3.49. The van der Waals surface area contributed by atoms with E-state index in [-0.39, 0.29) is 11.9 Å². The molecular formula is C22H24N2O3S. The van der Waals surface area contributed by atoms with Gasteiger partial charge in [0.2, 0.25) is 0 Å². The van der Waals surface area contributed by atoms with Gasteiger partial charge in [-0.1, -0.05) is 24.3 Å². The Morgan fingerprint density at radius 2 is 2.14 bits per heavy atom. The molecule has 1 aliphatic carbocycles. The Labute approximate surface area is 169 Å². The summed E-state index contributed by atoms with van der Waals surface area (Å²) in [4.78, 5) is 30.7. The fourth-order valence-electron chi connectivity index (χ4n) is 3.30. The van der Waals surface area contributed by atoms with Crippen LogP contribution in [-0.4, -0.2) is 31.2 Å². The van der Waals surface area contributed by atoms with Gasteiger partial charge in [-0.05, 0) is 49.8 Å². The van der Waals surface area contributed by atoms with Crippen molar-refractivity contribution in [3.05, 3.63) is 64.6 Å². The predicted molar refractivity (Wildman–Crippen MR) is 114 cm³/mol. The van der Waals surface area contributed by atoms with Crippen molar-refractivity contribution >= 4 is 34.4 Å². The van der Waals surface area contributed by atoms with E-state index < -0.39 is 0 Å². The highest BCUT2D eigenvalue weighted by Crippen LogP contribution is 2.40. The number of hydrogen-bond donors (Lipinski definition) is 1. The molecule has 1 aliphatic rings. The molecule has 0 spiro atoms. The number of rotatable bonds is 7. The number of fused-ring (bicyclic) bond motifs is 1. The molecule has 0 bridgehead atoms. The van der Waals surface area contributed by atoms with E-state index >= 15 is 0 Å². The van der Waals surface area contributed by atoms with Crippen molar-refractivity contribution in [1.29, 1.82) is 0 Å². The average Bonchev–Trinajstić information content (AvgIpc) is 3.06. The minimum atomic E-state index is -0.373. The molecule has 0 saturated carbocycles. The Bertz CT molecular complexity index is 887. The van der Waals surface area contributed by atoms with E-state index in [1.54, 1.807) is 25.1 Å². The molecule has 3 rings (SSSR count). The minimum Gasteiger partial charge on any atom is -0.462 e. The number of benzene rings is 1. The van der Waals surface area contributed by atoms with Crippen LogP contribution in [0.25, 0.3) is 0 Å². The molecule has 1 heterocycles. The Balaban J connectivity index is 1.88. The maximum atomic E-state index is 12.6. The third kappa shape index (κ3) is 4.57. The molecule has 1 amide bonds. The normalized spacial score (nSPS) is 15.8. The van der Waals surface area contributed by atoms with Crippen LogP contribution in [0.4, 0.5) is 5.00 Å². The molecule has 1 atom stereocenters. The van der Waals surface area contributed by atoms with Crippen LogP contribution in [-0.2, 0) is 17.6 Å². The lowest BCUT2D eigenvalue weighted by Gasteiger charge is -2.19. The molecule has 0 radical (unpaired) electrons. The fraction of sp³-hybridized carbons (Fsp3) is 0.318. The number of aliphatic imine (C=N–C) groups is 1. The zero-order valence-electron chi connectivity index (χ0n) is 15.9. The second kappa shape index (κ2) is 9.46. The van der Waals surface area contributed by atoms with Crippen molar-refractivity contribution < 1.29 is 14.3 Å². The maximum absolute atomic E-state index is 12.6. The third-order valence-corrected chi connectivity index (χ3v) is 5.77. The van der Waals surface area contributed by atoms with Gasteiger partial charge in [0.1, 0.15) is 5.00 Å². The molecule has 0 aliphatic heterocycles. The molecule has 1 N–H and O–H groups in total. The minimum absolute atomic E-state index is 0.228. The van der Waals surface area contributed by atoms with Crippen LogP contribution in [0.5, 0.6) is 0 Å². The highest BCUT2D eigenvalue weighted by molar-refractivity contribution is 7.17. The lowest BCUT2D eigenvalue weighted by molar-refractivity contribution is 0.0526. The van der Waals surface area contributed by atoms with Gasteiger partial charge in [0.15, 0.2) is 0 Å². The second-order valence-electron chi connectivity index (χ2n) is 6.55. The van der Waals surface area contributed by atoms with E-state index in [1.807, 2.05) is 24.4 Å². The lowest BCUT2D eigenvalue weighted by Crippen LogP contribution is -2.18. The molecule has 0 saturated heterocycles. The van der Waals surface area contributed by atoms with E-state index in [1.165, 1.54) is 11.3 Å². The van der Waals surface area contributed by atoms with E-state index in [0.717, 1.165) is 29.7 Å². The molecule has 0 unspecified atom stereocenters. The van der Waals surface area contributed by atoms with Gasteiger partial charge < -0.3 is 10.1 Å². The zero-order chi connectivity index (χ0) is 19.9. The number of carbonyl (C=O) groups is 2. The maximum Gasteiger partial charge on any atom is 0.341 e. The van der Waals surface area contributed by atoms with Gasteiger partial charge in [0.05, 0.1) is 18.7 Å². The van der Waals surface area contributed by atoms with Crippen molar-refractivity contribution in [2.45, 2.75) is 26.2 Å². The first-order valence-corrected chi connectivity index (χ1v) is 10.2. The summed E-state index contributed by atoms with van der Waals surface area (Å²) in [7, 11) is 0. The first-order chi connectivity index (χ1) is 13.6. The first kappa shape index (κ1) is 20.0. The number of nitrogens with one attached hydrogen (secondary N) is 1. The number of anilines is 1. The van der Waals surface area contributed by atoms with Gasteiger partial charge >= 0.3 is 5.97 Å². The van der Waals surface area contributed by atoms with Crippen molar-refractivity contribution in [3.63, 3.8) is 0 Å². The number of ether oxygens (including phenoxy) is 1. The highest BCUT2D eigenvalue weighted by Gasteiger charge is 2.30. The molecule has 5 nitrogen and oxygen atoms in total. The number of carbonyl (C=O) groups excluding carboxylic acids is 2. The van der Waals surface area contributed by atoms with Crippen LogP contribution in [0.3, 0.4) is 0 Å². The van der Waals surface area contributed by atoms with Crippen molar-refractivity contribution in [2.24, 2.45) is 10.9 Å². The number of thiophene rings is 1. The van der Waals surface area contributed by atoms with Crippen molar-refractivity contribution in [1.82, 2.24) is 0 Å². The summed E-state index contributed by atoms with van der Waals surface area (Å²) < 4.78 is 5.27. The number of nitrogens with zero attached hydrogens (tertiary/aromatic N) is 1. The molecule has 1 aromatic heterocycles. The fourth-order valence-corrected chi connectivity index (χ4v) is 4.62. The van der Waals surface area contributed by atoms with Crippen LogP contribution < -0.4 is 5.32 Å². The second-order valence-corrected chi connectivity index (χ2v) is 7.66. The standard InChI is InChI=1S/C22H24N2O3S/c1-3-12-23-14-15-10-11-17-18(13-15)28-21(19(17)22(26)27-4-2)24-20(25)16-8-6-5-7-9-16/h3,5-9,14-15H,1,4,10-13H2,2H3,(H,24,25)/t15-/m0/s1. The van der Waals surface area contributed by atoms with Gasteiger partial charge in [0.25, 0.3) is 5.91 Å². The van der Waals surface area contributed by atoms with Crippen LogP contribution in [0.1, 0.15) is 44.5 Å². The van der Waals surface area contributed by atoms with Gasteiger partial charge in [-0.3, -0.25) is 9.79 Å². The van der Waals surface area contributed by atoms with Crippen LogP contribution in [0.15, 0.2) is 48.0 Å². The molecule has 2 aromatic rings. The summed E-state index contributed by atoms with van der Waals surface area (Å²) in [5.41, 5.74) is 2.06. The van der Waals surface area contributed by atoms with Gasteiger partial charge in [-0.2, -0.15) is 0 Å².